The first-order valence-electron chi connectivity index (χ1n) is 12.0. The van der Waals surface area contributed by atoms with E-state index in [-0.39, 0.29) is 31.5 Å². The predicted octanol–water partition coefficient (Wildman–Crippen LogP) is 3.77. The molecular weight excluding hydrogens is 428 g/mol. The van der Waals surface area contributed by atoms with Gasteiger partial charge in [0.15, 0.2) is 11.5 Å². The topological polar surface area (TPSA) is 82.0 Å². The average Bonchev–Trinajstić information content (AvgIpc) is 3.55. The Bertz CT molecular complexity index is 1190. The van der Waals surface area contributed by atoms with Gasteiger partial charge < -0.3 is 20.3 Å². The van der Waals surface area contributed by atoms with Crippen LogP contribution in [0.25, 0.3) is 0 Å². The van der Waals surface area contributed by atoms with Gasteiger partial charge in [-0.3, -0.25) is 9.69 Å². The van der Waals surface area contributed by atoms with Crippen LogP contribution in [0, 0.1) is 5.92 Å². The molecule has 2 aromatic carbocycles. The van der Waals surface area contributed by atoms with Crippen LogP contribution in [0.15, 0.2) is 54.1 Å². The van der Waals surface area contributed by atoms with E-state index in [2.05, 4.69) is 10.2 Å². The van der Waals surface area contributed by atoms with Crippen LogP contribution in [0.5, 0.6) is 11.5 Å². The molecule has 2 aliphatic heterocycles. The van der Waals surface area contributed by atoms with Crippen molar-refractivity contribution in [3.05, 3.63) is 65.2 Å². The molecule has 0 radical (unpaired) electrons. The first-order valence-corrected chi connectivity index (χ1v) is 12.0. The first-order chi connectivity index (χ1) is 16.0. The molecule has 0 aromatic heterocycles. The number of hydrogen-bond acceptors (Lipinski definition) is 5. The summed E-state index contributed by atoms with van der Waals surface area (Å²) in [5, 5.41) is 26.2. The number of phenols is 1. The van der Waals surface area contributed by atoms with E-state index in [1.807, 2.05) is 42.5 Å². The Morgan fingerprint density at radius 2 is 1.97 bits per heavy atom. The molecule has 3 N–H and O–H groups in total. The quantitative estimate of drug-likeness (QED) is 0.647. The number of benzene rings is 2. The molecule has 2 bridgehead atoms. The lowest BCUT2D eigenvalue weighted by Gasteiger charge is -2.62. The SMILES string of the molecule is C.O=C(Nc1ccccc1)C1=C[C@@H]2Oc3c(O)ccc4c3[C@@]23CCN(CC2CC2)[C@H](C4)[C@]3(O)C1. The summed E-state index contributed by atoms with van der Waals surface area (Å²) >= 11 is 0. The summed E-state index contributed by atoms with van der Waals surface area (Å²) in [5.74, 6) is 1.12. The number of likely N-dealkylation sites (tertiary alicyclic amines) is 1. The van der Waals surface area contributed by atoms with Crippen LogP contribution < -0.4 is 10.1 Å². The third-order valence-corrected chi connectivity index (χ3v) is 8.70. The third kappa shape index (κ3) is 2.78. The maximum Gasteiger partial charge on any atom is 0.251 e. The van der Waals surface area contributed by atoms with Gasteiger partial charge in [-0.2, -0.15) is 0 Å². The van der Waals surface area contributed by atoms with E-state index in [4.69, 9.17) is 4.74 Å². The van der Waals surface area contributed by atoms with Crippen LogP contribution in [0.2, 0.25) is 0 Å². The molecule has 6 nitrogen and oxygen atoms in total. The summed E-state index contributed by atoms with van der Waals surface area (Å²) < 4.78 is 6.35. The molecule has 1 saturated heterocycles. The number of nitrogens with zero attached hydrogens (tertiary/aromatic N) is 1. The number of nitrogens with one attached hydrogen (secondary N) is 1. The number of hydrogen-bond donors (Lipinski definition) is 3. The normalized spacial score (nSPS) is 32.7. The number of aliphatic hydroxyl groups is 1. The molecule has 4 atom stereocenters. The largest absolute Gasteiger partial charge is 0.504 e. The third-order valence-electron chi connectivity index (χ3n) is 8.70. The molecule has 2 fully saturated rings. The van der Waals surface area contributed by atoms with Crippen LogP contribution in [0.3, 0.4) is 0 Å². The van der Waals surface area contributed by atoms with Gasteiger partial charge in [-0.1, -0.05) is 31.7 Å². The molecule has 178 valence electrons. The van der Waals surface area contributed by atoms with Crippen LogP contribution in [0.1, 0.15) is 44.2 Å². The van der Waals surface area contributed by atoms with E-state index in [0.717, 1.165) is 42.2 Å². The Morgan fingerprint density at radius 1 is 1.18 bits per heavy atom. The Kier molecular flexibility index (Phi) is 4.68. The van der Waals surface area contributed by atoms with E-state index >= 15 is 0 Å². The van der Waals surface area contributed by atoms with Gasteiger partial charge in [0, 0.05) is 35.8 Å². The lowest BCUT2D eigenvalue weighted by Crippen LogP contribution is -2.75. The van der Waals surface area contributed by atoms with Gasteiger partial charge in [0.2, 0.25) is 0 Å². The van der Waals surface area contributed by atoms with Crippen molar-refractivity contribution in [2.45, 2.75) is 62.7 Å². The average molecular weight is 461 g/mol. The number of amides is 1. The molecular formula is C28H32N2O4. The van der Waals surface area contributed by atoms with Crippen molar-refractivity contribution < 1.29 is 19.7 Å². The summed E-state index contributed by atoms with van der Waals surface area (Å²) in [6, 6.07) is 13.0. The van der Waals surface area contributed by atoms with Crippen LogP contribution in [0.4, 0.5) is 5.69 Å². The second kappa shape index (κ2) is 7.33. The number of piperidine rings is 1. The van der Waals surface area contributed by atoms with Crippen molar-refractivity contribution in [3.8, 4) is 11.5 Å². The Hall–Kier alpha value is -2.83. The highest BCUT2D eigenvalue weighted by Crippen LogP contribution is 2.65. The summed E-state index contributed by atoms with van der Waals surface area (Å²) in [6.45, 7) is 1.90. The highest BCUT2D eigenvalue weighted by molar-refractivity contribution is 6.04. The summed E-state index contributed by atoms with van der Waals surface area (Å²) in [5.41, 5.74) is 1.65. The summed E-state index contributed by atoms with van der Waals surface area (Å²) in [7, 11) is 0. The van der Waals surface area contributed by atoms with Gasteiger partial charge in [-0.15, -0.1) is 0 Å². The number of carbonyl (C=O) groups excluding carboxylic acids is 1. The maximum atomic E-state index is 13.3. The standard InChI is InChI=1S/C27H28N2O4.CH4/c30-20-9-8-17-12-21-27(32)14-18(25(31)28-19-4-2-1-3-5-19)13-22-26(27,23(17)24(20)33-22)10-11-29(21)15-16-6-7-16;/h1-5,8-9,13,16,21-22,30,32H,6-7,10-12,14-15H2,(H,28,31);1H4/t21-,22+,26-,27-;/m1./s1. The molecule has 34 heavy (non-hydrogen) atoms. The lowest BCUT2D eigenvalue weighted by molar-refractivity contribution is -0.165. The van der Waals surface area contributed by atoms with E-state index in [0.29, 0.717) is 17.7 Å². The molecule has 1 spiro atoms. The Balaban J connectivity index is 0.00000217. The number of anilines is 1. The van der Waals surface area contributed by atoms with Gasteiger partial charge in [0.05, 0.1) is 11.0 Å². The second-order valence-electron chi connectivity index (χ2n) is 10.5. The van der Waals surface area contributed by atoms with Gasteiger partial charge in [0.1, 0.15) is 6.10 Å². The van der Waals surface area contributed by atoms with Crippen molar-refractivity contribution in [2.75, 3.05) is 18.4 Å². The van der Waals surface area contributed by atoms with E-state index in [1.54, 1.807) is 6.07 Å². The van der Waals surface area contributed by atoms with Gasteiger partial charge in [-0.25, -0.2) is 0 Å². The molecule has 6 heteroatoms. The number of aromatic hydroxyl groups is 1. The van der Waals surface area contributed by atoms with Crippen LogP contribution in [-0.4, -0.2) is 51.9 Å². The molecule has 2 aromatic rings. The van der Waals surface area contributed by atoms with Gasteiger partial charge >= 0.3 is 0 Å². The molecule has 3 aliphatic carbocycles. The van der Waals surface area contributed by atoms with Gasteiger partial charge in [-0.05, 0) is 68.0 Å². The number of ether oxygens (including phenoxy) is 1. The van der Waals surface area contributed by atoms with Crippen molar-refractivity contribution in [3.63, 3.8) is 0 Å². The van der Waals surface area contributed by atoms with E-state index in [9.17, 15) is 15.0 Å². The fourth-order valence-corrected chi connectivity index (χ4v) is 7.01. The molecule has 1 amide bonds. The summed E-state index contributed by atoms with van der Waals surface area (Å²) in [6.07, 6.45) is 5.69. The zero-order valence-electron chi connectivity index (χ0n) is 18.5. The zero-order chi connectivity index (χ0) is 22.4. The Morgan fingerprint density at radius 3 is 2.74 bits per heavy atom. The minimum Gasteiger partial charge on any atom is -0.504 e. The van der Waals surface area contributed by atoms with Crippen molar-refractivity contribution >= 4 is 11.6 Å². The Labute approximate surface area is 200 Å². The number of para-hydroxylation sites is 1. The van der Waals surface area contributed by atoms with E-state index in [1.165, 1.54) is 12.8 Å². The smallest absolute Gasteiger partial charge is 0.251 e. The van der Waals surface area contributed by atoms with Crippen molar-refractivity contribution in [2.24, 2.45) is 5.92 Å². The van der Waals surface area contributed by atoms with Crippen LogP contribution >= 0.6 is 0 Å². The second-order valence-corrected chi connectivity index (χ2v) is 10.5. The molecule has 5 aliphatic rings. The lowest BCUT2D eigenvalue weighted by atomic mass is 9.49. The fraction of sp³-hybridized carbons (Fsp3) is 0.464. The number of phenolic OH excluding ortho intramolecular Hbond substituents is 1. The molecule has 0 unspecified atom stereocenters. The highest BCUT2D eigenvalue weighted by Gasteiger charge is 2.71. The maximum absolute atomic E-state index is 13.3. The summed E-state index contributed by atoms with van der Waals surface area (Å²) in [4.78, 5) is 15.8. The molecule has 1 saturated carbocycles. The minimum atomic E-state index is -1.13. The van der Waals surface area contributed by atoms with Crippen molar-refractivity contribution in [1.82, 2.24) is 4.90 Å². The highest BCUT2D eigenvalue weighted by atomic mass is 16.5. The van der Waals surface area contributed by atoms with Crippen LogP contribution in [-0.2, 0) is 16.6 Å². The fourth-order valence-electron chi connectivity index (χ4n) is 7.01. The first kappa shape index (κ1) is 21.7. The molecule has 7 rings (SSSR count). The molecule has 2 heterocycles. The van der Waals surface area contributed by atoms with Gasteiger partial charge in [0.25, 0.3) is 5.91 Å². The zero-order valence-corrected chi connectivity index (χ0v) is 18.5. The monoisotopic (exact) mass is 460 g/mol. The number of rotatable bonds is 4. The predicted molar refractivity (Wildman–Crippen MR) is 130 cm³/mol. The van der Waals surface area contributed by atoms with E-state index < -0.39 is 17.1 Å². The van der Waals surface area contributed by atoms with Crippen molar-refractivity contribution in [1.29, 1.82) is 0 Å². The number of carbonyl (C=O) groups is 1. The minimum absolute atomic E-state index is 0.